The molecular formula is C21H26Cl2N2O6S2. The minimum atomic E-state index is -3.99. The summed E-state index contributed by atoms with van der Waals surface area (Å²) in [6.45, 7) is 5.63. The zero-order chi connectivity index (χ0) is 24.4. The van der Waals surface area contributed by atoms with Crippen molar-refractivity contribution in [3.8, 4) is 11.5 Å². The van der Waals surface area contributed by atoms with Crippen molar-refractivity contribution in [2.24, 2.45) is 0 Å². The standard InChI is InChI=1S/C21H26Cl2N2O6S2/c1-4-30-18-8-6-16(22)12-20(18)32(26,27)24-10-11-25(15(3)14-24)33(28,29)21-13-17(23)7-9-19(21)31-5-2/h6-9,12-13,15H,4-5,10-11,14H2,1-3H3. The molecule has 182 valence electrons. The summed E-state index contributed by atoms with van der Waals surface area (Å²) in [6, 6.07) is 8.19. The quantitative estimate of drug-likeness (QED) is 0.508. The predicted molar refractivity (Wildman–Crippen MR) is 127 cm³/mol. The first-order valence-corrected chi connectivity index (χ1v) is 14.0. The Labute approximate surface area is 205 Å². The molecule has 33 heavy (non-hydrogen) atoms. The van der Waals surface area contributed by atoms with E-state index >= 15 is 0 Å². The van der Waals surface area contributed by atoms with Crippen LogP contribution in [0.3, 0.4) is 0 Å². The number of hydrogen-bond donors (Lipinski definition) is 0. The molecular weight excluding hydrogens is 511 g/mol. The molecule has 1 fully saturated rings. The summed E-state index contributed by atoms with van der Waals surface area (Å²) < 4.78 is 67.1. The number of rotatable bonds is 8. The fourth-order valence-electron chi connectivity index (χ4n) is 3.66. The highest BCUT2D eigenvalue weighted by Crippen LogP contribution is 2.34. The molecule has 0 spiro atoms. The van der Waals surface area contributed by atoms with Crippen molar-refractivity contribution in [1.29, 1.82) is 0 Å². The second kappa shape index (κ2) is 10.4. The zero-order valence-electron chi connectivity index (χ0n) is 18.5. The van der Waals surface area contributed by atoms with Gasteiger partial charge in [0.2, 0.25) is 20.0 Å². The van der Waals surface area contributed by atoms with Gasteiger partial charge >= 0.3 is 0 Å². The number of benzene rings is 2. The van der Waals surface area contributed by atoms with Crippen LogP contribution in [0.4, 0.5) is 0 Å². The molecule has 0 aliphatic carbocycles. The van der Waals surface area contributed by atoms with Crippen molar-refractivity contribution in [2.45, 2.75) is 36.6 Å². The summed E-state index contributed by atoms with van der Waals surface area (Å²) in [5, 5.41) is 0.519. The van der Waals surface area contributed by atoms with E-state index in [0.29, 0.717) is 0 Å². The van der Waals surface area contributed by atoms with Gasteiger partial charge < -0.3 is 9.47 Å². The van der Waals surface area contributed by atoms with Gasteiger partial charge in [-0.3, -0.25) is 0 Å². The first kappa shape index (κ1) is 26.1. The van der Waals surface area contributed by atoms with Gasteiger partial charge in [-0.05, 0) is 57.2 Å². The lowest BCUT2D eigenvalue weighted by Gasteiger charge is -2.38. The Morgan fingerprint density at radius 2 is 1.33 bits per heavy atom. The van der Waals surface area contributed by atoms with E-state index in [9.17, 15) is 16.8 Å². The second-order valence-corrected chi connectivity index (χ2v) is 12.0. The average molecular weight is 537 g/mol. The summed E-state index contributed by atoms with van der Waals surface area (Å²) in [5.41, 5.74) is 0. The third-order valence-electron chi connectivity index (χ3n) is 5.14. The first-order chi connectivity index (χ1) is 15.5. The first-order valence-electron chi connectivity index (χ1n) is 10.4. The van der Waals surface area contributed by atoms with E-state index in [1.165, 1.54) is 32.9 Å². The van der Waals surface area contributed by atoms with E-state index in [-0.39, 0.29) is 64.2 Å². The van der Waals surface area contributed by atoms with Gasteiger partial charge in [0.1, 0.15) is 21.3 Å². The maximum absolute atomic E-state index is 13.4. The maximum Gasteiger partial charge on any atom is 0.247 e. The highest BCUT2D eigenvalue weighted by Gasteiger charge is 2.40. The minimum Gasteiger partial charge on any atom is -0.492 e. The number of piperazine rings is 1. The smallest absolute Gasteiger partial charge is 0.247 e. The molecule has 0 aromatic heterocycles. The lowest BCUT2D eigenvalue weighted by Crippen LogP contribution is -2.55. The third-order valence-corrected chi connectivity index (χ3v) is 9.54. The number of hydrogen-bond acceptors (Lipinski definition) is 6. The monoisotopic (exact) mass is 536 g/mol. The van der Waals surface area contributed by atoms with E-state index < -0.39 is 26.1 Å². The fourth-order valence-corrected chi connectivity index (χ4v) is 7.58. The van der Waals surface area contributed by atoms with Crippen LogP contribution in [-0.4, -0.2) is 64.3 Å². The van der Waals surface area contributed by atoms with Crippen LogP contribution in [-0.2, 0) is 20.0 Å². The number of sulfonamides is 2. The Balaban J connectivity index is 1.90. The van der Waals surface area contributed by atoms with Crippen LogP contribution in [0, 0.1) is 0 Å². The van der Waals surface area contributed by atoms with Gasteiger partial charge in [-0.15, -0.1) is 0 Å². The molecule has 1 aliphatic rings. The molecule has 0 radical (unpaired) electrons. The molecule has 3 rings (SSSR count). The van der Waals surface area contributed by atoms with E-state index in [1.807, 2.05) is 0 Å². The van der Waals surface area contributed by atoms with Crippen molar-refractivity contribution in [3.05, 3.63) is 46.4 Å². The SMILES string of the molecule is CCOc1ccc(Cl)cc1S(=O)(=O)N1CCN(S(=O)(=O)c2cc(Cl)ccc2OCC)C(C)C1. The van der Waals surface area contributed by atoms with Gasteiger partial charge in [-0.1, -0.05) is 23.2 Å². The molecule has 0 bridgehead atoms. The lowest BCUT2D eigenvalue weighted by molar-refractivity contribution is 0.211. The van der Waals surface area contributed by atoms with Crippen molar-refractivity contribution < 1.29 is 26.3 Å². The summed E-state index contributed by atoms with van der Waals surface area (Å²) in [7, 11) is -7.96. The largest absolute Gasteiger partial charge is 0.492 e. The molecule has 1 unspecified atom stereocenters. The van der Waals surface area contributed by atoms with Crippen molar-refractivity contribution in [3.63, 3.8) is 0 Å². The van der Waals surface area contributed by atoms with E-state index in [2.05, 4.69) is 0 Å². The van der Waals surface area contributed by atoms with Crippen LogP contribution in [0.15, 0.2) is 46.2 Å². The summed E-state index contributed by atoms with van der Waals surface area (Å²) >= 11 is 12.1. The van der Waals surface area contributed by atoms with Crippen LogP contribution >= 0.6 is 23.2 Å². The molecule has 2 aromatic carbocycles. The number of halogens is 2. The Bertz CT molecular complexity index is 1220. The van der Waals surface area contributed by atoms with Crippen LogP contribution in [0.1, 0.15) is 20.8 Å². The highest BCUT2D eigenvalue weighted by atomic mass is 35.5. The fraction of sp³-hybridized carbons (Fsp3) is 0.429. The molecule has 0 amide bonds. The molecule has 2 aromatic rings. The lowest BCUT2D eigenvalue weighted by atomic mass is 10.3. The van der Waals surface area contributed by atoms with E-state index in [4.69, 9.17) is 32.7 Å². The minimum absolute atomic E-state index is 0.0332. The molecule has 12 heteroatoms. The topological polar surface area (TPSA) is 93.2 Å². The van der Waals surface area contributed by atoms with E-state index in [0.717, 1.165) is 0 Å². The van der Waals surface area contributed by atoms with Crippen LogP contribution in [0.5, 0.6) is 11.5 Å². The Morgan fingerprint density at radius 1 is 0.848 bits per heavy atom. The van der Waals surface area contributed by atoms with Gasteiger partial charge in [0.05, 0.1) is 13.2 Å². The Morgan fingerprint density at radius 3 is 1.79 bits per heavy atom. The van der Waals surface area contributed by atoms with Gasteiger partial charge in [-0.2, -0.15) is 8.61 Å². The molecule has 1 aliphatic heterocycles. The molecule has 0 N–H and O–H groups in total. The molecule has 8 nitrogen and oxygen atoms in total. The van der Waals surface area contributed by atoms with Gasteiger partial charge in [0.15, 0.2) is 0 Å². The zero-order valence-corrected chi connectivity index (χ0v) is 21.6. The maximum atomic E-state index is 13.4. The summed E-state index contributed by atoms with van der Waals surface area (Å²) in [6.07, 6.45) is 0. The molecule has 1 heterocycles. The Kier molecular flexibility index (Phi) is 8.19. The third kappa shape index (κ3) is 5.41. The second-order valence-electron chi connectivity index (χ2n) is 7.38. The molecule has 1 saturated heterocycles. The van der Waals surface area contributed by atoms with Gasteiger partial charge in [0, 0.05) is 35.7 Å². The molecule has 0 saturated carbocycles. The van der Waals surface area contributed by atoms with Crippen LogP contribution < -0.4 is 9.47 Å². The van der Waals surface area contributed by atoms with E-state index in [1.54, 1.807) is 32.9 Å². The van der Waals surface area contributed by atoms with Crippen molar-refractivity contribution >= 4 is 43.2 Å². The summed E-state index contributed by atoms with van der Waals surface area (Å²) in [4.78, 5) is -0.0951. The van der Waals surface area contributed by atoms with Crippen LogP contribution in [0.2, 0.25) is 10.0 Å². The molecule has 1 atom stereocenters. The highest BCUT2D eigenvalue weighted by molar-refractivity contribution is 7.89. The normalized spacial score (nSPS) is 18.3. The van der Waals surface area contributed by atoms with Crippen molar-refractivity contribution in [1.82, 2.24) is 8.61 Å². The predicted octanol–water partition coefficient (Wildman–Crippen LogP) is 3.87. The number of nitrogens with zero attached hydrogens (tertiary/aromatic N) is 2. The van der Waals surface area contributed by atoms with Crippen LogP contribution in [0.25, 0.3) is 0 Å². The Hall–Kier alpha value is -1.56. The van der Waals surface area contributed by atoms with Gasteiger partial charge in [-0.25, -0.2) is 16.8 Å². The van der Waals surface area contributed by atoms with Crippen molar-refractivity contribution in [2.75, 3.05) is 32.8 Å². The number of ether oxygens (including phenoxy) is 2. The summed E-state index contributed by atoms with van der Waals surface area (Å²) in [5.74, 6) is 0.398. The average Bonchev–Trinajstić information content (AvgIpc) is 2.76. The van der Waals surface area contributed by atoms with Gasteiger partial charge in [0.25, 0.3) is 0 Å².